The van der Waals surface area contributed by atoms with Gasteiger partial charge in [-0.15, -0.1) is 5.10 Å². The molecule has 90 valence electrons. The Morgan fingerprint density at radius 1 is 1.47 bits per heavy atom. The molecule has 0 unspecified atom stereocenters. The normalized spacial score (nSPS) is 10.5. The molecule has 0 atom stereocenters. The van der Waals surface area contributed by atoms with Crippen molar-refractivity contribution in [1.29, 1.82) is 0 Å². The first-order valence-corrected chi connectivity index (χ1v) is 5.89. The molecule has 2 rings (SSSR count). The number of nitrogen functional groups attached to an aromatic ring is 1. The standard InChI is InChI=1S/C11H13BrN4O/c1-7-11(13)14-15-16(7)6-8-5-9(17-2)3-4-10(8)12/h3-5H,6,13H2,1-2H3. The van der Waals surface area contributed by atoms with Crippen molar-refractivity contribution in [2.45, 2.75) is 13.5 Å². The number of aromatic nitrogens is 3. The third-order valence-electron chi connectivity index (χ3n) is 2.59. The van der Waals surface area contributed by atoms with E-state index >= 15 is 0 Å². The van der Waals surface area contributed by atoms with Gasteiger partial charge in [-0.05, 0) is 30.7 Å². The van der Waals surface area contributed by atoms with E-state index in [0.29, 0.717) is 12.4 Å². The highest BCUT2D eigenvalue weighted by molar-refractivity contribution is 9.10. The van der Waals surface area contributed by atoms with Gasteiger partial charge in [-0.1, -0.05) is 21.1 Å². The number of nitrogens with two attached hydrogens (primary N) is 1. The summed E-state index contributed by atoms with van der Waals surface area (Å²) in [5.74, 6) is 1.28. The summed E-state index contributed by atoms with van der Waals surface area (Å²) in [5, 5.41) is 7.82. The quantitative estimate of drug-likeness (QED) is 0.941. The Labute approximate surface area is 108 Å². The molecule has 1 aromatic heterocycles. The number of ether oxygens (including phenoxy) is 1. The van der Waals surface area contributed by atoms with Gasteiger partial charge in [0.25, 0.3) is 0 Å². The second-order valence-electron chi connectivity index (χ2n) is 3.68. The Balaban J connectivity index is 2.32. The van der Waals surface area contributed by atoms with E-state index in [9.17, 15) is 0 Å². The zero-order valence-corrected chi connectivity index (χ0v) is 11.2. The van der Waals surface area contributed by atoms with Crippen LogP contribution in [-0.4, -0.2) is 22.1 Å². The lowest BCUT2D eigenvalue weighted by atomic mass is 10.2. The molecule has 0 saturated heterocycles. The highest BCUT2D eigenvalue weighted by Crippen LogP contribution is 2.23. The van der Waals surface area contributed by atoms with E-state index in [2.05, 4.69) is 26.2 Å². The first-order valence-electron chi connectivity index (χ1n) is 5.10. The predicted octanol–water partition coefficient (Wildman–Crippen LogP) is 1.99. The number of methoxy groups -OCH3 is 1. The van der Waals surface area contributed by atoms with E-state index in [1.807, 2.05) is 25.1 Å². The van der Waals surface area contributed by atoms with Gasteiger partial charge in [-0.25, -0.2) is 4.68 Å². The molecule has 0 aliphatic carbocycles. The average Bonchev–Trinajstić information content (AvgIpc) is 2.64. The van der Waals surface area contributed by atoms with Gasteiger partial charge in [0.05, 0.1) is 19.3 Å². The summed E-state index contributed by atoms with van der Waals surface area (Å²) in [4.78, 5) is 0. The molecule has 1 aromatic carbocycles. The van der Waals surface area contributed by atoms with Crippen LogP contribution in [0.15, 0.2) is 22.7 Å². The topological polar surface area (TPSA) is 66.0 Å². The van der Waals surface area contributed by atoms with Crippen LogP contribution in [0.1, 0.15) is 11.3 Å². The maximum Gasteiger partial charge on any atom is 0.168 e. The Kier molecular flexibility index (Phi) is 3.33. The number of anilines is 1. The maximum atomic E-state index is 5.66. The molecule has 2 aromatic rings. The summed E-state index contributed by atoms with van der Waals surface area (Å²) in [6.45, 7) is 2.50. The fourth-order valence-corrected chi connectivity index (χ4v) is 1.86. The third kappa shape index (κ3) is 2.41. The molecule has 0 aliphatic rings. The smallest absolute Gasteiger partial charge is 0.168 e. The monoisotopic (exact) mass is 296 g/mol. The van der Waals surface area contributed by atoms with Gasteiger partial charge in [0, 0.05) is 4.47 Å². The van der Waals surface area contributed by atoms with E-state index in [4.69, 9.17) is 10.5 Å². The van der Waals surface area contributed by atoms with Crippen LogP contribution >= 0.6 is 15.9 Å². The summed E-state index contributed by atoms with van der Waals surface area (Å²) < 4.78 is 7.96. The Morgan fingerprint density at radius 2 is 2.24 bits per heavy atom. The van der Waals surface area contributed by atoms with Crippen LogP contribution in [0, 0.1) is 6.92 Å². The van der Waals surface area contributed by atoms with Gasteiger partial charge in [0.1, 0.15) is 5.75 Å². The number of halogens is 1. The SMILES string of the molecule is COc1ccc(Br)c(Cn2nnc(N)c2C)c1. The van der Waals surface area contributed by atoms with E-state index in [1.165, 1.54) is 0 Å². The summed E-state index contributed by atoms with van der Waals surface area (Å²) in [6, 6.07) is 5.81. The molecular formula is C11H13BrN4O. The minimum Gasteiger partial charge on any atom is -0.497 e. The third-order valence-corrected chi connectivity index (χ3v) is 3.36. The molecule has 0 spiro atoms. The van der Waals surface area contributed by atoms with Crippen LogP contribution in [0.3, 0.4) is 0 Å². The molecule has 0 radical (unpaired) electrons. The Hall–Kier alpha value is -1.56. The minimum atomic E-state index is 0.462. The molecule has 0 amide bonds. The van der Waals surface area contributed by atoms with Crippen LogP contribution < -0.4 is 10.5 Å². The molecule has 17 heavy (non-hydrogen) atoms. The van der Waals surface area contributed by atoms with Crippen molar-refractivity contribution in [3.8, 4) is 5.75 Å². The van der Waals surface area contributed by atoms with Crippen molar-refractivity contribution >= 4 is 21.7 Å². The summed E-state index contributed by atoms with van der Waals surface area (Å²) in [5.41, 5.74) is 7.59. The van der Waals surface area contributed by atoms with Crippen LogP contribution in [0.4, 0.5) is 5.82 Å². The van der Waals surface area contributed by atoms with Crippen molar-refractivity contribution in [3.05, 3.63) is 33.9 Å². The summed E-state index contributed by atoms with van der Waals surface area (Å²) in [7, 11) is 1.64. The maximum absolute atomic E-state index is 5.66. The second-order valence-corrected chi connectivity index (χ2v) is 4.53. The van der Waals surface area contributed by atoms with Crippen molar-refractivity contribution < 1.29 is 4.74 Å². The van der Waals surface area contributed by atoms with Gasteiger partial charge < -0.3 is 10.5 Å². The lowest BCUT2D eigenvalue weighted by Crippen LogP contribution is -2.05. The zero-order valence-electron chi connectivity index (χ0n) is 9.64. The average molecular weight is 297 g/mol. The van der Waals surface area contributed by atoms with Gasteiger partial charge in [-0.3, -0.25) is 0 Å². The second kappa shape index (κ2) is 4.75. The highest BCUT2D eigenvalue weighted by atomic mass is 79.9. The van der Waals surface area contributed by atoms with Gasteiger partial charge in [0.2, 0.25) is 0 Å². The minimum absolute atomic E-state index is 0.462. The molecule has 0 saturated carbocycles. The lowest BCUT2D eigenvalue weighted by Gasteiger charge is -2.08. The zero-order chi connectivity index (χ0) is 12.4. The van der Waals surface area contributed by atoms with E-state index in [0.717, 1.165) is 21.5 Å². The Bertz CT molecular complexity index is 538. The molecule has 6 heteroatoms. The molecule has 1 heterocycles. The number of hydrogen-bond donors (Lipinski definition) is 1. The first kappa shape index (κ1) is 11.9. The van der Waals surface area contributed by atoms with E-state index in [1.54, 1.807) is 11.8 Å². The fourth-order valence-electron chi connectivity index (χ4n) is 1.48. The number of hydrogen-bond acceptors (Lipinski definition) is 4. The molecule has 0 aliphatic heterocycles. The van der Waals surface area contributed by atoms with Crippen LogP contribution in [-0.2, 0) is 6.54 Å². The summed E-state index contributed by atoms with van der Waals surface area (Å²) in [6.07, 6.45) is 0. The number of nitrogens with zero attached hydrogens (tertiary/aromatic N) is 3. The fraction of sp³-hybridized carbons (Fsp3) is 0.273. The van der Waals surface area contributed by atoms with Crippen LogP contribution in [0.5, 0.6) is 5.75 Å². The molecule has 0 fully saturated rings. The van der Waals surface area contributed by atoms with Crippen molar-refractivity contribution in [3.63, 3.8) is 0 Å². The highest BCUT2D eigenvalue weighted by Gasteiger charge is 2.08. The lowest BCUT2D eigenvalue weighted by molar-refractivity contribution is 0.414. The molecule has 2 N–H and O–H groups in total. The summed E-state index contributed by atoms with van der Waals surface area (Å²) >= 11 is 3.50. The Morgan fingerprint density at radius 3 is 2.82 bits per heavy atom. The van der Waals surface area contributed by atoms with E-state index < -0.39 is 0 Å². The van der Waals surface area contributed by atoms with Gasteiger partial charge in [-0.2, -0.15) is 0 Å². The molecule has 0 bridgehead atoms. The number of benzene rings is 1. The molecule has 5 nitrogen and oxygen atoms in total. The van der Waals surface area contributed by atoms with Crippen molar-refractivity contribution in [2.75, 3.05) is 12.8 Å². The van der Waals surface area contributed by atoms with E-state index in [-0.39, 0.29) is 0 Å². The van der Waals surface area contributed by atoms with Crippen molar-refractivity contribution in [2.24, 2.45) is 0 Å². The van der Waals surface area contributed by atoms with Gasteiger partial charge >= 0.3 is 0 Å². The van der Waals surface area contributed by atoms with Crippen molar-refractivity contribution in [1.82, 2.24) is 15.0 Å². The first-order chi connectivity index (χ1) is 8.11. The largest absolute Gasteiger partial charge is 0.497 e. The van der Waals surface area contributed by atoms with Gasteiger partial charge in [0.15, 0.2) is 5.82 Å². The molecular weight excluding hydrogens is 284 g/mol. The van der Waals surface area contributed by atoms with Crippen LogP contribution in [0.2, 0.25) is 0 Å². The van der Waals surface area contributed by atoms with Crippen LogP contribution in [0.25, 0.3) is 0 Å². The predicted molar refractivity (Wildman–Crippen MR) is 69.0 cm³/mol. The number of rotatable bonds is 3.